The van der Waals surface area contributed by atoms with Crippen molar-refractivity contribution < 1.29 is 0 Å². The minimum atomic E-state index is 0.784. The molecule has 0 rings (SSSR count). The van der Waals surface area contributed by atoms with Crippen LogP contribution in [-0.4, -0.2) is 5.88 Å². The Labute approximate surface area is 216 Å². The fourth-order valence-corrected chi connectivity index (χ4v) is 5.51. The van der Waals surface area contributed by atoms with Gasteiger partial charge in [-0.15, -0.1) is 11.6 Å². The first-order valence-electron chi connectivity index (χ1n) is 15.9. The van der Waals surface area contributed by atoms with Crippen molar-refractivity contribution in [1.29, 1.82) is 0 Å². The largest absolute Gasteiger partial charge is 0.126 e. The van der Waals surface area contributed by atoms with Gasteiger partial charge in [0.2, 0.25) is 0 Å². The van der Waals surface area contributed by atoms with Crippen molar-refractivity contribution in [3.63, 3.8) is 0 Å². The van der Waals surface area contributed by atoms with Crippen molar-refractivity contribution in [2.24, 2.45) is 5.92 Å². The summed E-state index contributed by atoms with van der Waals surface area (Å²) in [5.41, 5.74) is 0. The van der Waals surface area contributed by atoms with Gasteiger partial charge in [0, 0.05) is 5.88 Å². The zero-order valence-electron chi connectivity index (χ0n) is 23.5. The third kappa shape index (κ3) is 28.4. The van der Waals surface area contributed by atoms with Crippen molar-refractivity contribution in [2.45, 2.75) is 194 Å². The van der Waals surface area contributed by atoms with Crippen LogP contribution in [0, 0.1) is 5.92 Å². The van der Waals surface area contributed by atoms with Gasteiger partial charge in [-0.25, -0.2) is 0 Å². The number of hydrogen-bond acceptors (Lipinski definition) is 0. The highest BCUT2D eigenvalue weighted by atomic mass is 35.5. The molecule has 0 saturated carbocycles. The highest BCUT2D eigenvalue weighted by Crippen LogP contribution is 2.21. The minimum absolute atomic E-state index is 0.784. The summed E-state index contributed by atoms with van der Waals surface area (Å²) in [5.74, 6) is 1.67. The third-order valence-electron chi connectivity index (χ3n) is 7.65. The number of hydrogen-bond donors (Lipinski definition) is 0. The lowest BCUT2D eigenvalue weighted by atomic mass is 9.95. The first-order chi connectivity index (χ1) is 16.3. The standard InChI is InChI=1S/C32H65Cl/c1-3-5-7-9-11-13-15-17-18-20-22-24-26-28-30-32(31-33)29-27-25-23-21-19-16-14-12-10-8-6-4-2/h32H,3-31H2,1-2H3. The van der Waals surface area contributed by atoms with E-state index in [2.05, 4.69) is 13.8 Å². The van der Waals surface area contributed by atoms with Crippen molar-refractivity contribution in [1.82, 2.24) is 0 Å². The second kappa shape index (κ2) is 30.3. The second-order valence-corrected chi connectivity index (χ2v) is 11.4. The molecule has 0 N–H and O–H groups in total. The molecule has 0 radical (unpaired) electrons. The summed E-state index contributed by atoms with van der Waals surface area (Å²) in [6.45, 7) is 4.60. The first-order valence-corrected chi connectivity index (χ1v) is 16.4. The Morgan fingerprint density at radius 1 is 0.333 bits per heavy atom. The molecule has 1 heteroatoms. The molecule has 0 bridgehead atoms. The van der Waals surface area contributed by atoms with Crippen molar-refractivity contribution in [2.75, 3.05) is 5.88 Å². The summed E-state index contributed by atoms with van der Waals surface area (Å²) in [7, 11) is 0. The average molecular weight is 485 g/mol. The Bertz CT molecular complexity index is 326. The lowest BCUT2D eigenvalue weighted by molar-refractivity contribution is 0.433. The molecule has 0 aliphatic carbocycles. The summed E-state index contributed by atoms with van der Waals surface area (Å²) in [6.07, 6.45) is 40.4. The maximum atomic E-state index is 6.27. The summed E-state index contributed by atoms with van der Waals surface area (Å²) >= 11 is 6.27. The van der Waals surface area contributed by atoms with Gasteiger partial charge in [-0.3, -0.25) is 0 Å². The van der Waals surface area contributed by atoms with Gasteiger partial charge in [-0.05, 0) is 18.8 Å². The van der Waals surface area contributed by atoms with E-state index in [4.69, 9.17) is 11.6 Å². The smallest absolute Gasteiger partial charge is 0.0251 e. The zero-order valence-corrected chi connectivity index (χ0v) is 24.2. The summed E-state index contributed by atoms with van der Waals surface area (Å²) < 4.78 is 0. The number of alkyl halides is 1. The van der Waals surface area contributed by atoms with E-state index in [0.717, 1.165) is 11.8 Å². The number of unbranched alkanes of at least 4 members (excludes halogenated alkanes) is 24. The van der Waals surface area contributed by atoms with E-state index in [1.54, 1.807) is 0 Å². The molecule has 0 aromatic heterocycles. The van der Waals surface area contributed by atoms with Crippen molar-refractivity contribution in [3.05, 3.63) is 0 Å². The zero-order chi connectivity index (χ0) is 24.1. The van der Waals surface area contributed by atoms with Crippen LogP contribution in [0.15, 0.2) is 0 Å². The van der Waals surface area contributed by atoms with Crippen LogP contribution in [-0.2, 0) is 0 Å². The van der Waals surface area contributed by atoms with Gasteiger partial charge >= 0.3 is 0 Å². The van der Waals surface area contributed by atoms with Gasteiger partial charge < -0.3 is 0 Å². The molecule has 0 aliphatic rings. The Balaban J connectivity index is 3.26. The topological polar surface area (TPSA) is 0 Å². The molecule has 0 amide bonds. The molecule has 0 saturated heterocycles. The lowest BCUT2D eigenvalue weighted by Crippen LogP contribution is -2.02. The van der Waals surface area contributed by atoms with Crippen molar-refractivity contribution in [3.8, 4) is 0 Å². The van der Waals surface area contributed by atoms with Gasteiger partial charge in [0.25, 0.3) is 0 Å². The van der Waals surface area contributed by atoms with E-state index >= 15 is 0 Å². The normalized spacial score (nSPS) is 12.5. The molecule has 0 aliphatic heterocycles. The van der Waals surface area contributed by atoms with Crippen LogP contribution in [0.3, 0.4) is 0 Å². The van der Waals surface area contributed by atoms with Crippen LogP contribution in [0.25, 0.3) is 0 Å². The van der Waals surface area contributed by atoms with Crippen LogP contribution in [0.2, 0.25) is 0 Å². The number of rotatable bonds is 29. The molecule has 0 nitrogen and oxygen atoms in total. The molecule has 0 heterocycles. The summed E-state index contributed by atoms with van der Waals surface area (Å²) in [5, 5.41) is 0. The molecule has 33 heavy (non-hydrogen) atoms. The van der Waals surface area contributed by atoms with Gasteiger partial charge in [0.15, 0.2) is 0 Å². The summed E-state index contributed by atoms with van der Waals surface area (Å²) in [4.78, 5) is 0. The van der Waals surface area contributed by atoms with Gasteiger partial charge in [0.05, 0.1) is 0 Å². The Morgan fingerprint density at radius 2 is 0.545 bits per heavy atom. The molecule has 1 atom stereocenters. The quantitative estimate of drug-likeness (QED) is 0.0730. The van der Waals surface area contributed by atoms with Crippen LogP contribution >= 0.6 is 11.6 Å². The van der Waals surface area contributed by atoms with Gasteiger partial charge in [-0.2, -0.15) is 0 Å². The van der Waals surface area contributed by atoms with E-state index < -0.39 is 0 Å². The van der Waals surface area contributed by atoms with E-state index in [0.29, 0.717) is 0 Å². The van der Waals surface area contributed by atoms with Gasteiger partial charge in [0.1, 0.15) is 0 Å². The Hall–Kier alpha value is 0.290. The van der Waals surface area contributed by atoms with E-state index in [-0.39, 0.29) is 0 Å². The second-order valence-electron chi connectivity index (χ2n) is 11.1. The highest BCUT2D eigenvalue weighted by Gasteiger charge is 2.07. The fraction of sp³-hybridized carbons (Fsp3) is 1.00. The van der Waals surface area contributed by atoms with Gasteiger partial charge in [-0.1, -0.05) is 181 Å². The molecular formula is C32H65Cl. The molecule has 0 fully saturated rings. The average Bonchev–Trinajstić information content (AvgIpc) is 2.83. The molecule has 0 aromatic rings. The number of halogens is 1. The van der Waals surface area contributed by atoms with Crippen LogP contribution in [0.1, 0.15) is 194 Å². The fourth-order valence-electron chi connectivity index (χ4n) is 5.20. The van der Waals surface area contributed by atoms with E-state index in [1.165, 1.54) is 180 Å². The summed E-state index contributed by atoms with van der Waals surface area (Å²) in [6, 6.07) is 0. The Kier molecular flexibility index (Phi) is 30.6. The SMILES string of the molecule is CCCCCCCCCCCCCCCCC(CCl)CCCCCCCCCCCCCC. The van der Waals surface area contributed by atoms with E-state index in [1.807, 2.05) is 0 Å². The maximum absolute atomic E-state index is 6.27. The van der Waals surface area contributed by atoms with E-state index in [9.17, 15) is 0 Å². The first kappa shape index (κ1) is 33.3. The monoisotopic (exact) mass is 484 g/mol. The van der Waals surface area contributed by atoms with Crippen LogP contribution in [0.5, 0.6) is 0 Å². The predicted octanol–water partition coefficient (Wildman–Crippen LogP) is 12.8. The molecule has 200 valence electrons. The minimum Gasteiger partial charge on any atom is -0.126 e. The lowest BCUT2D eigenvalue weighted by Gasteiger charge is -2.13. The van der Waals surface area contributed by atoms with Crippen molar-refractivity contribution >= 4 is 11.6 Å². The third-order valence-corrected chi connectivity index (χ3v) is 8.09. The maximum Gasteiger partial charge on any atom is 0.0251 e. The van der Waals surface area contributed by atoms with Crippen LogP contribution < -0.4 is 0 Å². The molecule has 0 aromatic carbocycles. The molecular weight excluding hydrogens is 420 g/mol. The highest BCUT2D eigenvalue weighted by molar-refractivity contribution is 6.18. The Morgan fingerprint density at radius 3 is 0.758 bits per heavy atom. The predicted molar refractivity (Wildman–Crippen MR) is 155 cm³/mol. The molecule has 1 unspecified atom stereocenters. The van der Waals surface area contributed by atoms with Crippen LogP contribution in [0.4, 0.5) is 0 Å². The molecule has 0 spiro atoms.